The highest BCUT2D eigenvalue weighted by atomic mass is 31.1. The minimum absolute atomic E-state index is 0.106. The SMILES string of the molecule is CC1=CC(C)CC(C)=C1Nc1ccc(F)cc1P(C1=CCCC(F)=C1)c1ccccc1. The van der Waals surface area contributed by atoms with E-state index in [-0.39, 0.29) is 11.6 Å². The van der Waals surface area contributed by atoms with Crippen molar-refractivity contribution in [1.82, 2.24) is 0 Å². The standard InChI is InChI=1S/C27H28F2NP/c1-18-14-19(2)27(20(3)15-18)30-25-13-12-22(29)17-26(25)31(23-9-5-4-6-10-23)24-11-7-8-21(28)16-24/h4-6,9-14,16-18,30H,7-8,15H2,1-3H3. The summed E-state index contributed by atoms with van der Waals surface area (Å²) >= 11 is 0. The van der Waals surface area contributed by atoms with E-state index in [4.69, 9.17) is 0 Å². The molecule has 31 heavy (non-hydrogen) atoms. The van der Waals surface area contributed by atoms with Crippen LogP contribution < -0.4 is 15.9 Å². The van der Waals surface area contributed by atoms with Crippen molar-refractivity contribution in [3.8, 4) is 0 Å². The second-order valence-corrected chi connectivity index (χ2v) is 10.6. The number of halogens is 2. The maximum atomic E-state index is 14.5. The fraction of sp³-hybridized carbons (Fsp3) is 0.259. The van der Waals surface area contributed by atoms with Crippen LogP contribution in [0.3, 0.4) is 0 Å². The monoisotopic (exact) mass is 435 g/mol. The average molecular weight is 435 g/mol. The molecule has 0 saturated heterocycles. The van der Waals surface area contributed by atoms with Gasteiger partial charge in [-0.1, -0.05) is 49.4 Å². The van der Waals surface area contributed by atoms with Crippen molar-refractivity contribution in [3.05, 3.63) is 101 Å². The van der Waals surface area contributed by atoms with Crippen LogP contribution >= 0.6 is 7.92 Å². The van der Waals surface area contributed by atoms with E-state index in [1.54, 1.807) is 12.1 Å². The van der Waals surface area contributed by atoms with Gasteiger partial charge in [-0.05, 0) is 86.6 Å². The van der Waals surface area contributed by atoms with Gasteiger partial charge in [-0.15, -0.1) is 0 Å². The lowest BCUT2D eigenvalue weighted by atomic mass is 9.90. The van der Waals surface area contributed by atoms with Gasteiger partial charge in [0.15, 0.2) is 0 Å². The predicted molar refractivity (Wildman–Crippen MR) is 129 cm³/mol. The highest BCUT2D eigenvalue weighted by molar-refractivity contribution is 7.77. The van der Waals surface area contributed by atoms with Gasteiger partial charge in [0.1, 0.15) is 11.6 Å². The molecule has 1 nitrogen and oxygen atoms in total. The number of anilines is 1. The number of nitrogens with one attached hydrogen (secondary N) is 1. The zero-order chi connectivity index (χ0) is 22.0. The van der Waals surface area contributed by atoms with Crippen molar-refractivity contribution < 1.29 is 8.78 Å². The van der Waals surface area contributed by atoms with Gasteiger partial charge in [0.2, 0.25) is 0 Å². The summed E-state index contributed by atoms with van der Waals surface area (Å²) < 4.78 is 28.7. The smallest absolute Gasteiger partial charge is 0.124 e. The average Bonchev–Trinajstić information content (AvgIpc) is 2.73. The van der Waals surface area contributed by atoms with E-state index in [2.05, 4.69) is 50.4 Å². The Hall–Kier alpha value is -2.51. The Kier molecular flexibility index (Phi) is 6.53. The van der Waals surface area contributed by atoms with E-state index in [9.17, 15) is 8.78 Å². The number of rotatable bonds is 5. The van der Waals surface area contributed by atoms with Crippen LogP contribution in [0, 0.1) is 11.7 Å². The third-order valence-electron chi connectivity index (χ3n) is 5.76. The van der Waals surface area contributed by atoms with Gasteiger partial charge in [-0.2, -0.15) is 0 Å². The van der Waals surface area contributed by atoms with E-state index in [0.29, 0.717) is 18.8 Å². The first-order valence-corrected chi connectivity index (χ1v) is 12.1. The molecule has 2 aliphatic rings. The molecule has 1 N–H and O–H groups in total. The lowest BCUT2D eigenvalue weighted by Crippen LogP contribution is -2.20. The fourth-order valence-electron chi connectivity index (χ4n) is 4.44. The molecule has 0 spiro atoms. The van der Waals surface area contributed by atoms with Gasteiger partial charge in [0.25, 0.3) is 0 Å². The molecule has 0 radical (unpaired) electrons. The van der Waals surface area contributed by atoms with Crippen molar-refractivity contribution in [2.45, 2.75) is 40.0 Å². The van der Waals surface area contributed by atoms with Crippen LogP contribution in [0.2, 0.25) is 0 Å². The summed E-state index contributed by atoms with van der Waals surface area (Å²) in [6.45, 7) is 6.49. The first kappa shape index (κ1) is 21.7. The first-order valence-electron chi connectivity index (χ1n) is 10.8. The van der Waals surface area contributed by atoms with E-state index >= 15 is 0 Å². The molecule has 2 aliphatic carbocycles. The Morgan fingerprint density at radius 3 is 2.52 bits per heavy atom. The van der Waals surface area contributed by atoms with Gasteiger partial charge in [-0.25, -0.2) is 8.78 Å². The molecule has 0 bridgehead atoms. The maximum absolute atomic E-state index is 14.5. The summed E-state index contributed by atoms with van der Waals surface area (Å²) in [5.41, 5.74) is 4.50. The molecule has 4 rings (SSSR count). The van der Waals surface area contributed by atoms with Crippen molar-refractivity contribution in [3.63, 3.8) is 0 Å². The van der Waals surface area contributed by atoms with Crippen molar-refractivity contribution in [1.29, 1.82) is 0 Å². The molecule has 2 atom stereocenters. The van der Waals surface area contributed by atoms with Crippen LogP contribution in [0.25, 0.3) is 0 Å². The highest BCUT2D eigenvalue weighted by Crippen LogP contribution is 2.48. The second-order valence-electron chi connectivity index (χ2n) is 8.40. The summed E-state index contributed by atoms with van der Waals surface area (Å²) in [6, 6.07) is 15.0. The van der Waals surface area contributed by atoms with Crippen molar-refractivity contribution in [2.75, 3.05) is 5.32 Å². The molecule has 2 unspecified atom stereocenters. The zero-order valence-electron chi connectivity index (χ0n) is 18.3. The quantitative estimate of drug-likeness (QED) is 0.481. The number of benzene rings is 2. The summed E-state index contributed by atoms with van der Waals surface area (Å²) in [5.74, 6) is 0.130. The summed E-state index contributed by atoms with van der Waals surface area (Å²) in [5, 5.41) is 6.52. The Labute approximate surface area is 185 Å². The normalized spacial score (nSPS) is 20.0. The minimum atomic E-state index is -1.10. The van der Waals surface area contributed by atoms with Crippen LogP contribution in [0.15, 0.2) is 94.7 Å². The predicted octanol–water partition coefficient (Wildman–Crippen LogP) is 7.46. The molecule has 0 aromatic heterocycles. The van der Waals surface area contributed by atoms with Gasteiger partial charge in [0, 0.05) is 23.1 Å². The summed E-state index contributed by atoms with van der Waals surface area (Å²) in [6.07, 6.45) is 8.14. The van der Waals surface area contributed by atoms with Gasteiger partial charge in [-0.3, -0.25) is 0 Å². The van der Waals surface area contributed by atoms with E-state index in [1.165, 1.54) is 17.2 Å². The first-order chi connectivity index (χ1) is 14.9. The summed E-state index contributed by atoms with van der Waals surface area (Å²) in [7, 11) is -1.10. The molecule has 2 aromatic rings. The van der Waals surface area contributed by atoms with Crippen LogP contribution in [0.4, 0.5) is 14.5 Å². The highest BCUT2D eigenvalue weighted by Gasteiger charge is 2.24. The molecule has 0 fully saturated rings. The molecular formula is C27H28F2NP. The number of hydrogen-bond acceptors (Lipinski definition) is 1. The lowest BCUT2D eigenvalue weighted by molar-refractivity contribution is 0.587. The molecule has 4 heteroatoms. The van der Waals surface area contributed by atoms with E-state index < -0.39 is 7.92 Å². The Morgan fingerprint density at radius 1 is 1.03 bits per heavy atom. The summed E-state index contributed by atoms with van der Waals surface area (Å²) in [4.78, 5) is 0. The molecule has 0 saturated carbocycles. The molecule has 0 heterocycles. The molecule has 2 aromatic carbocycles. The Bertz CT molecular complexity index is 1100. The van der Waals surface area contributed by atoms with E-state index in [1.807, 2.05) is 24.3 Å². The van der Waals surface area contributed by atoms with E-state index in [0.717, 1.165) is 33.7 Å². The fourth-order valence-corrected chi connectivity index (χ4v) is 6.97. The minimum Gasteiger partial charge on any atom is -0.355 e. The third-order valence-corrected chi connectivity index (χ3v) is 8.25. The van der Waals surface area contributed by atoms with Gasteiger partial charge >= 0.3 is 0 Å². The van der Waals surface area contributed by atoms with Gasteiger partial charge in [0.05, 0.1) is 0 Å². The topological polar surface area (TPSA) is 12.0 Å². The molecular weight excluding hydrogens is 407 g/mol. The Balaban J connectivity index is 1.83. The van der Waals surface area contributed by atoms with Gasteiger partial charge < -0.3 is 5.32 Å². The maximum Gasteiger partial charge on any atom is 0.124 e. The molecule has 160 valence electrons. The van der Waals surface area contributed by atoms with Crippen LogP contribution in [0.5, 0.6) is 0 Å². The lowest BCUT2D eigenvalue weighted by Gasteiger charge is -2.28. The zero-order valence-corrected chi connectivity index (χ0v) is 19.1. The van der Waals surface area contributed by atoms with Crippen molar-refractivity contribution >= 4 is 24.2 Å². The third kappa shape index (κ3) is 4.88. The largest absolute Gasteiger partial charge is 0.355 e. The molecule has 0 aliphatic heterocycles. The second kappa shape index (κ2) is 9.32. The van der Waals surface area contributed by atoms with Crippen LogP contribution in [0.1, 0.15) is 40.0 Å². The van der Waals surface area contributed by atoms with Crippen LogP contribution in [-0.4, -0.2) is 0 Å². The number of hydrogen-bond donors (Lipinski definition) is 1. The Morgan fingerprint density at radius 2 is 1.81 bits per heavy atom. The van der Waals surface area contributed by atoms with Crippen molar-refractivity contribution in [2.24, 2.45) is 5.92 Å². The molecule has 0 amide bonds. The van der Waals surface area contributed by atoms with Crippen LogP contribution in [-0.2, 0) is 0 Å². The number of allylic oxidation sites excluding steroid dienone is 7.